The zero-order valence-corrected chi connectivity index (χ0v) is 19.3. The number of nitro benzene ring substituents is 1. The van der Waals surface area contributed by atoms with E-state index in [4.69, 9.17) is 4.74 Å². The average Bonchev–Trinajstić information content (AvgIpc) is 2.84. The van der Waals surface area contributed by atoms with Crippen LogP contribution in [0.5, 0.6) is 11.5 Å². The van der Waals surface area contributed by atoms with E-state index in [-0.39, 0.29) is 35.7 Å². The summed E-state index contributed by atoms with van der Waals surface area (Å²) in [5.41, 5.74) is 0.717. The third kappa shape index (κ3) is 6.19. The van der Waals surface area contributed by atoms with E-state index in [0.29, 0.717) is 30.8 Å². The highest BCUT2D eigenvalue weighted by atomic mass is 19.3. The maximum atomic E-state index is 12.7. The number of nitro groups is 1. The van der Waals surface area contributed by atoms with Gasteiger partial charge in [0.2, 0.25) is 0 Å². The van der Waals surface area contributed by atoms with Crippen molar-refractivity contribution in [2.75, 3.05) is 26.7 Å². The van der Waals surface area contributed by atoms with Gasteiger partial charge >= 0.3 is 6.61 Å². The molecule has 0 bridgehead atoms. The summed E-state index contributed by atoms with van der Waals surface area (Å²) < 4.78 is 35.0. The van der Waals surface area contributed by atoms with Crippen LogP contribution in [-0.2, 0) is 6.54 Å². The molecular weight excluding hydrogens is 448 g/mol. The highest BCUT2D eigenvalue weighted by Crippen LogP contribution is 2.37. The number of benzene rings is 2. The molecule has 0 spiro atoms. The van der Waals surface area contributed by atoms with Crippen molar-refractivity contribution in [2.24, 2.45) is 0 Å². The normalized spacial score (nSPS) is 14.5. The van der Waals surface area contributed by atoms with E-state index in [2.05, 4.69) is 9.64 Å². The number of rotatable bonds is 10. The van der Waals surface area contributed by atoms with E-state index in [1.807, 2.05) is 30.0 Å². The van der Waals surface area contributed by atoms with Crippen LogP contribution in [0.2, 0.25) is 0 Å². The molecule has 0 saturated carbocycles. The third-order valence-electron chi connectivity index (χ3n) is 5.95. The third-order valence-corrected chi connectivity index (χ3v) is 5.95. The largest absolute Gasteiger partial charge is 0.493 e. The van der Waals surface area contributed by atoms with Gasteiger partial charge in [-0.3, -0.25) is 19.8 Å². The first kappa shape index (κ1) is 25.4. The zero-order valence-electron chi connectivity index (χ0n) is 19.3. The minimum atomic E-state index is -3.13. The summed E-state index contributed by atoms with van der Waals surface area (Å²) in [6, 6.07) is 11.6. The number of alkyl halides is 2. The Bertz CT molecular complexity index is 982. The van der Waals surface area contributed by atoms with Crippen LogP contribution >= 0.6 is 0 Å². The molecule has 0 aliphatic carbocycles. The lowest BCUT2D eigenvalue weighted by atomic mass is 10.0. The van der Waals surface area contributed by atoms with Crippen LogP contribution in [0.1, 0.15) is 42.1 Å². The van der Waals surface area contributed by atoms with Gasteiger partial charge in [0, 0.05) is 36.8 Å². The second-order valence-electron chi connectivity index (χ2n) is 8.13. The van der Waals surface area contributed by atoms with Crippen molar-refractivity contribution in [1.29, 1.82) is 0 Å². The topological polar surface area (TPSA) is 85.2 Å². The van der Waals surface area contributed by atoms with E-state index in [1.54, 1.807) is 12.1 Å². The number of hydrogen-bond acceptors (Lipinski definition) is 6. The summed E-state index contributed by atoms with van der Waals surface area (Å²) in [7, 11) is 1.30. The fraction of sp³-hybridized carbons (Fsp3) is 0.458. The quantitative estimate of drug-likeness (QED) is 0.364. The number of ether oxygens (including phenoxy) is 2. The van der Waals surface area contributed by atoms with E-state index >= 15 is 0 Å². The summed E-state index contributed by atoms with van der Waals surface area (Å²) in [6.45, 7) is 1.03. The van der Waals surface area contributed by atoms with Gasteiger partial charge in [-0.2, -0.15) is 8.78 Å². The van der Waals surface area contributed by atoms with Crippen LogP contribution in [-0.4, -0.2) is 60.0 Å². The van der Waals surface area contributed by atoms with Crippen LogP contribution < -0.4 is 9.47 Å². The number of amides is 1. The minimum absolute atomic E-state index is 0.00363. The zero-order chi connectivity index (χ0) is 24.7. The molecule has 0 atom stereocenters. The molecule has 8 nitrogen and oxygen atoms in total. The highest BCUT2D eigenvalue weighted by molar-refractivity contribution is 5.94. The van der Waals surface area contributed by atoms with Gasteiger partial charge < -0.3 is 14.4 Å². The Kier molecular flexibility index (Phi) is 8.75. The minimum Gasteiger partial charge on any atom is -0.493 e. The monoisotopic (exact) mass is 477 g/mol. The smallest absolute Gasteiger partial charge is 0.387 e. The molecule has 1 aliphatic heterocycles. The Labute approximate surface area is 197 Å². The summed E-state index contributed by atoms with van der Waals surface area (Å²) in [4.78, 5) is 27.8. The molecule has 1 fully saturated rings. The van der Waals surface area contributed by atoms with Gasteiger partial charge in [-0.1, -0.05) is 25.1 Å². The molecule has 1 saturated heterocycles. The molecule has 0 N–H and O–H groups in total. The number of carbonyl (C=O) groups is 1. The Morgan fingerprint density at radius 1 is 1.21 bits per heavy atom. The number of halogens is 2. The molecular formula is C24H29F2N3O5. The van der Waals surface area contributed by atoms with Gasteiger partial charge in [-0.05, 0) is 44.0 Å². The summed E-state index contributed by atoms with van der Waals surface area (Å²) >= 11 is 0. The van der Waals surface area contributed by atoms with Gasteiger partial charge in [0.25, 0.3) is 11.6 Å². The predicted octanol–water partition coefficient (Wildman–Crippen LogP) is 4.72. The van der Waals surface area contributed by atoms with Gasteiger partial charge in [-0.25, -0.2) is 0 Å². The maximum absolute atomic E-state index is 12.7. The molecule has 1 heterocycles. The van der Waals surface area contributed by atoms with Gasteiger partial charge in [0.15, 0.2) is 11.5 Å². The Morgan fingerprint density at radius 3 is 2.44 bits per heavy atom. The van der Waals surface area contributed by atoms with Gasteiger partial charge in [-0.15, -0.1) is 0 Å². The van der Waals surface area contributed by atoms with Crippen molar-refractivity contribution in [3.05, 3.63) is 63.7 Å². The molecule has 34 heavy (non-hydrogen) atoms. The molecule has 1 amide bonds. The first-order valence-electron chi connectivity index (χ1n) is 11.2. The number of likely N-dealkylation sites (tertiary alicyclic amines) is 1. The van der Waals surface area contributed by atoms with Crippen LogP contribution in [0.15, 0.2) is 42.5 Å². The molecule has 2 aromatic carbocycles. The predicted molar refractivity (Wildman–Crippen MR) is 122 cm³/mol. The number of piperidine rings is 1. The van der Waals surface area contributed by atoms with Gasteiger partial charge in [0.05, 0.1) is 18.1 Å². The highest BCUT2D eigenvalue weighted by Gasteiger charge is 2.29. The fourth-order valence-corrected chi connectivity index (χ4v) is 4.33. The van der Waals surface area contributed by atoms with E-state index in [9.17, 15) is 23.7 Å². The molecule has 1 aliphatic rings. The second kappa shape index (κ2) is 11.7. The summed E-state index contributed by atoms with van der Waals surface area (Å²) in [6.07, 6.45) is 2.30. The molecule has 0 unspecified atom stereocenters. The number of nitrogens with zero attached hydrogens (tertiary/aromatic N) is 3. The van der Waals surface area contributed by atoms with Crippen molar-refractivity contribution in [1.82, 2.24) is 9.80 Å². The molecule has 0 radical (unpaired) electrons. The summed E-state index contributed by atoms with van der Waals surface area (Å²) in [5, 5.41) is 11.7. The summed E-state index contributed by atoms with van der Waals surface area (Å²) in [5.74, 6) is -0.362. The van der Waals surface area contributed by atoms with E-state index in [0.717, 1.165) is 25.3 Å². The number of carbonyl (C=O) groups excluding carboxylic acids is 1. The fourth-order valence-electron chi connectivity index (χ4n) is 4.33. The first-order chi connectivity index (χ1) is 16.3. The van der Waals surface area contributed by atoms with Crippen LogP contribution in [0.4, 0.5) is 14.5 Å². The van der Waals surface area contributed by atoms with Crippen molar-refractivity contribution in [3.63, 3.8) is 0 Å². The van der Waals surface area contributed by atoms with Crippen LogP contribution in [0.3, 0.4) is 0 Å². The van der Waals surface area contributed by atoms with E-state index in [1.165, 1.54) is 13.2 Å². The van der Waals surface area contributed by atoms with Crippen molar-refractivity contribution in [2.45, 2.75) is 45.4 Å². The van der Waals surface area contributed by atoms with Crippen molar-refractivity contribution in [3.8, 4) is 11.5 Å². The van der Waals surface area contributed by atoms with Gasteiger partial charge in [0.1, 0.15) is 0 Å². The Balaban J connectivity index is 1.76. The lowest BCUT2D eigenvalue weighted by Gasteiger charge is -2.38. The molecule has 2 aromatic rings. The van der Waals surface area contributed by atoms with Crippen molar-refractivity contribution >= 4 is 11.6 Å². The number of methoxy groups -OCH3 is 1. The first-order valence-corrected chi connectivity index (χ1v) is 11.2. The Hall–Kier alpha value is -3.27. The molecule has 10 heteroatoms. The standard InChI is InChI=1S/C24H29F2N3O5/c1-3-11-28(19-9-12-27(13-10-19)23(30)17-7-5-4-6-8-17)16-18-14-21(33-2)22(34-24(25)26)15-20(18)29(31)32/h4-8,14-15,19,24H,3,9-13,16H2,1-2H3. The molecule has 3 rings (SSSR count). The van der Waals surface area contributed by atoms with Crippen LogP contribution in [0, 0.1) is 10.1 Å². The molecule has 184 valence electrons. The van der Waals surface area contributed by atoms with Crippen LogP contribution in [0.25, 0.3) is 0 Å². The SMILES string of the molecule is CCCN(Cc1cc(OC)c(OC(F)F)cc1[N+](=O)[O-])C1CCN(C(=O)c2ccccc2)CC1. The average molecular weight is 478 g/mol. The lowest BCUT2D eigenvalue weighted by molar-refractivity contribution is -0.385. The molecule has 0 aromatic heterocycles. The number of hydrogen-bond donors (Lipinski definition) is 0. The maximum Gasteiger partial charge on any atom is 0.387 e. The lowest BCUT2D eigenvalue weighted by Crippen LogP contribution is -2.46. The second-order valence-corrected chi connectivity index (χ2v) is 8.13. The van der Waals surface area contributed by atoms with Crippen molar-refractivity contribution < 1.29 is 28.0 Å². The van der Waals surface area contributed by atoms with E-state index < -0.39 is 11.5 Å². The Morgan fingerprint density at radius 2 is 1.88 bits per heavy atom.